The molecule has 1 aliphatic rings. The number of aliphatic carboxylic acids is 1. The molecule has 1 heterocycles. The van der Waals surface area contributed by atoms with E-state index in [0.29, 0.717) is 5.02 Å². The summed E-state index contributed by atoms with van der Waals surface area (Å²) in [5.41, 5.74) is 1.06. The number of rotatable bonds is 2. The van der Waals surface area contributed by atoms with Crippen LogP contribution in [-0.4, -0.2) is 40.3 Å². The van der Waals surface area contributed by atoms with Crippen molar-refractivity contribution in [3.63, 3.8) is 0 Å². The average molecular weight is 338 g/mol. The number of hydrogen-bond acceptors (Lipinski definition) is 3. The summed E-state index contributed by atoms with van der Waals surface area (Å²) in [7, 11) is 0. The van der Waals surface area contributed by atoms with Gasteiger partial charge in [-0.1, -0.05) is 29.8 Å². The highest BCUT2D eigenvalue weighted by Gasteiger charge is 2.38. The Kier molecular flexibility index (Phi) is 5.00. The number of benzene rings is 1. The lowest BCUT2D eigenvalue weighted by Crippen LogP contribution is -2.43. The fourth-order valence-corrected chi connectivity index (χ4v) is 2.62. The molecule has 1 aromatic rings. The van der Waals surface area contributed by atoms with E-state index in [1.165, 1.54) is 4.90 Å². The second-order valence-electron chi connectivity index (χ2n) is 6.52. The predicted molar refractivity (Wildman–Crippen MR) is 88.4 cm³/mol. The number of carboxylic acid groups (broad SMARTS) is 1. The van der Waals surface area contributed by atoms with Crippen LogP contribution in [0.25, 0.3) is 6.08 Å². The molecule has 1 saturated heterocycles. The molecular formula is C17H20ClNO4. The summed E-state index contributed by atoms with van der Waals surface area (Å²) in [6.07, 6.45) is 1.53. The standard InChI is InChI=1S/C17H20ClNO4/c1-17(2,3)23-16(22)19-10-12(9-14(19)15(20)21)7-11-5-4-6-13(18)8-11/h4-8,14H,9-10H2,1-3H3,(H,20,21)/b12-7+/t14-/m0/s1. The van der Waals surface area contributed by atoms with Crippen molar-refractivity contribution in [2.75, 3.05) is 6.54 Å². The van der Waals surface area contributed by atoms with Crippen LogP contribution in [-0.2, 0) is 9.53 Å². The molecule has 1 amide bonds. The summed E-state index contributed by atoms with van der Waals surface area (Å²) in [6.45, 7) is 5.48. The Bertz CT molecular complexity index is 648. The molecule has 0 bridgehead atoms. The van der Waals surface area contributed by atoms with E-state index in [9.17, 15) is 14.7 Å². The Hall–Kier alpha value is -2.01. The van der Waals surface area contributed by atoms with Gasteiger partial charge < -0.3 is 9.84 Å². The Balaban J connectivity index is 2.21. The molecule has 0 unspecified atom stereocenters. The first-order valence-electron chi connectivity index (χ1n) is 7.33. The van der Waals surface area contributed by atoms with Crippen LogP contribution in [0.15, 0.2) is 29.8 Å². The first-order valence-corrected chi connectivity index (χ1v) is 7.71. The summed E-state index contributed by atoms with van der Waals surface area (Å²) >= 11 is 5.95. The van der Waals surface area contributed by atoms with E-state index in [1.807, 2.05) is 18.2 Å². The largest absolute Gasteiger partial charge is 0.480 e. The zero-order chi connectivity index (χ0) is 17.2. The smallest absolute Gasteiger partial charge is 0.411 e. The van der Waals surface area contributed by atoms with Gasteiger partial charge in [-0.2, -0.15) is 0 Å². The highest BCUT2D eigenvalue weighted by molar-refractivity contribution is 6.30. The number of carboxylic acids is 1. The van der Waals surface area contributed by atoms with Gasteiger partial charge in [-0.15, -0.1) is 0 Å². The first-order chi connectivity index (χ1) is 10.7. The van der Waals surface area contributed by atoms with Crippen molar-refractivity contribution >= 4 is 29.7 Å². The van der Waals surface area contributed by atoms with Crippen LogP contribution in [0.4, 0.5) is 4.79 Å². The lowest BCUT2D eigenvalue weighted by atomic mass is 10.1. The summed E-state index contributed by atoms with van der Waals surface area (Å²) in [5, 5.41) is 9.97. The van der Waals surface area contributed by atoms with E-state index in [1.54, 1.807) is 32.9 Å². The molecule has 0 saturated carbocycles. The van der Waals surface area contributed by atoms with Crippen LogP contribution >= 0.6 is 11.6 Å². The molecule has 0 spiro atoms. The number of hydrogen-bond donors (Lipinski definition) is 1. The molecule has 0 aromatic heterocycles. The van der Waals surface area contributed by atoms with Crippen molar-refractivity contribution in [3.8, 4) is 0 Å². The maximum atomic E-state index is 12.2. The molecule has 0 aliphatic carbocycles. The van der Waals surface area contributed by atoms with E-state index in [0.717, 1.165) is 11.1 Å². The topological polar surface area (TPSA) is 66.8 Å². The van der Waals surface area contributed by atoms with Gasteiger partial charge in [-0.05, 0) is 44.0 Å². The van der Waals surface area contributed by atoms with Gasteiger partial charge in [0.1, 0.15) is 11.6 Å². The molecular weight excluding hydrogens is 318 g/mol. The van der Waals surface area contributed by atoms with Crippen molar-refractivity contribution in [2.45, 2.75) is 38.8 Å². The Morgan fingerprint density at radius 1 is 1.39 bits per heavy atom. The summed E-state index contributed by atoms with van der Waals surface area (Å²) in [6, 6.07) is 6.36. The fraction of sp³-hybridized carbons (Fsp3) is 0.412. The second-order valence-corrected chi connectivity index (χ2v) is 6.96. The molecule has 1 aliphatic heterocycles. The Morgan fingerprint density at radius 3 is 2.65 bits per heavy atom. The molecule has 124 valence electrons. The monoisotopic (exact) mass is 337 g/mol. The van der Waals surface area contributed by atoms with Crippen molar-refractivity contribution in [3.05, 3.63) is 40.4 Å². The lowest BCUT2D eigenvalue weighted by Gasteiger charge is -2.26. The van der Waals surface area contributed by atoms with E-state index >= 15 is 0 Å². The van der Waals surface area contributed by atoms with E-state index in [-0.39, 0.29) is 13.0 Å². The third kappa shape index (κ3) is 4.73. The number of carbonyl (C=O) groups is 2. The molecule has 1 aromatic carbocycles. The minimum atomic E-state index is -1.04. The molecule has 1 atom stereocenters. The minimum absolute atomic E-state index is 0.235. The second kappa shape index (κ2) is 6.62. The van der Waals surface area contributed by atoms with Gasteiger partial charge in [0.05, 0.1) is 0 Å². The van der Waals surface area contributed by atoms with Gasteiger partial charge in [0.2, 0.25) is 0 Å². The third-order valence-electron chi connectivity index (χ3n) is 3.34. The van der Waals surface area contributed by atoms with E-state index in [2.05, 4.69) is 0 Å². The molecule has 1 N–H and O–H groups in total. The van der Waals surface area contributed by atoms with Gasteiger partial charge in [0, 0.05) is 18.0 Å². The Labute approximate surface area is 140 Å². The minimum Gasteiger partial charge on any atom is -0.480 e. The highest BCUT2D eigenvalue weighted by Crippen LogP contribution is 2.27. The van der Waals surface area contributed by atoms with Crippen LogP contribution < -0.4 is 0 Å². The number of ether oxygens (including phenoxy) is 1. The van der Waals surface area contributed by atoms with Crippen LogP contribution in [0.1, 0.15) is 32.8 Å². The van der Waals surface area contributed by atoms with Gasteiger partial charge in [-0.3, -0.25) is 4.90 Å². The predicted octanol–water partition coefficient (Wildman–Crippen LogP) is 3.82. The van der Waals surface area contributed by atoms with E-state index in [4.69, 9.17) is 16.3 Å². The SMILES string of the molecule is CC(C)(C)OC(=O)N1C/C(=C/c2cccc(Cl)c2)C[C@H]1C(=O)O. The van der Waals surface area contributed by atoms with Gasteiger partial charge in [0.15, 0.2) is 0 Å². The molecule has 1 fully saturated rings. The van der Waals surface area contributed by atoms with Crippen molar-refractivity contribution in [1.29, 1.82) is 0 Å². The van der Waals surface area contributed by atoms with Crippen LogP contribution in [0.5, 0.6) is 0 Å². The normalized spacial score (nSPS) is 19.9. The maximum absolute atomic E-state index is 12.2. The molecule has 5 nitrogen and oxygen atoms in total. The summed E-state index contributed by atoms with van der Waals surface area (Å²) < 4.78 is 5.30. The number of halogens is 1. The lowest BCUT2D eigenvalue weighted by molar-refractivity contribution is -0.142. The molecule has 2 rings (SSSR count). The zero-order valence-electron chi connectivity index (χ0n) is 13.4. The maximum Gasteiger partial charge on any atom is 0.411 e. The van der Waals surface area contributed by atoms with Gasteiger partial charge >= 0.3 is 12.1 Å². The zero-order valence-corrected chi connectivity index (χ0v) is 14.1. The average Bonchev–Trinajstić information content (AvgIpc) is 2.81. The molecule has 6 heteroatoms. The van der Waals surface area contributed by atoms with Crippen molar-refractivity contribution in [1.82, 2.24) is 4.90 Å². The van der Waals surface area contributed by atoms with E-state index < -0.39 is 23.7 Å². The third-order valence-corrected chi connectivity index (χ3v) is 3.57. The molecule has 23 heavy (non-hydrogen) atoms. The first kappa shape index (κ1) is 17.3. The van der Waals surface area contributed by atoms with Crippen LogP contribution in [0, 0.1) is 0 Å². The van der Waals surface area contributed by atoms with Crippen molar-refractivity contribution in [2.24, 2.45) is 0 Å². The van der Waals surface area contributed by atoms with Crippen LogP contribution in [0.3, 0.4) is 0 Å². The van der Waals surface area contributed by atoms with Gasteiger partial charge in [-0.25, -0.2) is 9.59 Å². The highest BCUT2D eigenvalue weighted by atomic mass is 35.5. The number of carbonyl (C=O) groups excluding carboxylic acids is 1. The van der Waals surface area contributed by atoms with Gasteiger partial charge in [0.25, 0.3) is 0 Å². The Morgan fingerprint density at radius 2 is 2.09 bits per heavy atom. The summed E-state index contributed by atoms with van der Waals surface area (Å²) in [4.78, 5) is 24.9. The van der Waals surface area contributed by atoms with Crippen molar-refractivity contribution < 1.29 is 19.4 Å². The number of nitrogens with zero attached hydrogens (tertiary/aromatic N) is 1. The fourth-order valence-electron chi connectivity index (χ4n) is 2.42. The quantitative estimate of drug-likeness (QED) is 0.891. The summed E-state index contributed by atoms with van der Waals surface area (Å²) in [5.74, 6) is -1.04. The number of amides is 1. The molecule has 0 radical (unpaired) electrons. The van der Waals surface area contributed by atoms with Crippen LogP contribution in [0.2, 0.25) is 5.02 Å². The number of likely N-dealkylation sites (tertiary alicyclic amines) is 1.